The molecule has 2 aromatic rings. The molecule has 0 fully saturated rings. The van der Waals surface area contributed by atoms with Crippen molar-refractivity contribution in [3.8, 4) is 5.75 Å². The summed E-state index contributed by atoms with van der Waals surface area (Å²) >= 11 is 14.0. The summed E-state index contributed by atoms with van der Waals surface area (Å²) in [4.78, 5) is 11.8. The van der Waals surface area contributed by atoms with Crippen molar-refractivity contribution in [1.29, 1.82) is 0 Å². The fourth-order valence-corrected chi connectivity index (χ4v) is 2.35. The third-order valence-electron chi connectivity index (χ3n) is 2.39. The van der Waals surface area contributed by atoms with E-state index in [1.54, 1.807) is 24.3 Å². The molecule has 3 nitrogen and oxygen atoms in total. The number of benzene rings is 2. The third-order valence-corrected chi connectivity index (χ3v) is 3.88. The number of amides is 1. The molecule has 0 saturated carbocycles. The van der Waals surface area contributed by atoms with E-state index in [0.29, 0.717) is 21.5 Å². The van der Waals surface area contributed by atoms with Crippen molar-refractivity contribution in [3.63, 3.8) is 0 Å². The first-order valence-corrected chi connectivity index (χ1v) is 7.52. The number of halogens is 3. The maximum absolute atomic E-state index is 11.8. The molecule has 0 aliphatic heterocycles. The topological polar surface area (TPSA) is 38.3 Å². The van der Waals surface area contributed by atoms with Gasteiger partial charge in [0.2, 0.25) is 0 Å². The first kappa shape index (κ1) is 15.4. The molecule has 0 saturated heterocycles. The average molecular weight is 422 g/mol. The van der Waals surface area contributed by atoms with Crippen molar-refractivity contribution in [2.24, 2.45) is 0 Å². The second-order valence-corrected chi connectivity index (χ2v) is 5.93. The first-order chi connectivity index (χ1) is 9.56. The quantitative estimate of drug-likeness (QED) is 0.731. The molecule has 1 amide bonds. The molecule has 0 aromatic heterocycles. The summed E-state index contributed by atoms with van der Waals surface area (Å²) in [6, 6.07) is 12.5. The first-order valence-electron chi connectivity index (χ1n) is 5.68. The maximum Gasteiger partial charge on any atom is 0.262 e. The lowest BCUT2D eigenvalue weighted by molar-refractivity contribution is -0.118. The number of carbonyl (C=O) groups is 1. The van der Waals surface area contributed by atoms with Gasteiger partial charge in [-0.2, -0.15) is 0 Å². The summed E-state index contributed by atoms with van der Waals surface area (Å²) in [5.41, 5.74) is 0.468. The molecule has 0 aliphatic rings. The smallest absolute Gasteiger partial charge is 0.262 e. The van der Waals surface area contributed by atoms with Gasteiger partial charge < -0.3 is 10.1 Å². The summed E-state index contributed by atoms with van der Waals surface area (Å²) in [5.74, 6) is 0.345. The van der Waals surface area contributed by atoms with Crippen LogP contribution in [0.5, 0.6) is 5.75 Å². The molecule has 2 aromatic carbocycles. The normalized spacial score (nSPS) is 10.2. The lowest BCUT2D eigenvalue weighted by Crippen LogP contribution is -2.20. The maximum atomic E-state index is 11.8. The van der Waals surface area contributed by atoms with Gasteiger partial charge in [-0.3, -0.25) is 4.79 Å². The highest BCUT2D eigenvalue weighted by Gasteiger charge is 2.08. The molecule has 6 heteroatoms. The number of rotatable bonds is 4. The van der Waals surface area contributed by atoms with Crippen LogP contribution in [-0.2, 0) is 4.79 Å². The van der Waals surface area contributed by atoms with Gasteiger partial charge in [0.1, 0.15) is 5.75 Å². The van der Waals surface area contributed by atoms with Gasteiger partial charge in [0.25, 0.3) is 5.91 Å². The zero-order chi connectivity index (χ0) is 14.5. The van der Waals surface area contributed by atoms with Crippen LogP contribution in [0.1, 0.15) is 0 Å². The van der Waals surface area contributed by atoms with Gasteiger partial charge in [-0.05, 0) is 52.9 Å². The fraction of sp³-hybridized carbons (Fsp3) is 0.0714. The summed E-state index contributed by atoms with van der Waals surface area (Å²) in [7, 11) is 0. The molecule has 2 rings (SSSR count). The monoisotopic (exact) mass is 421 g/mol. The molecule has 20 heavy (non-hydrogen) atoms. The molecule has 0 atom stereocenters. The number of hydrogen-bond acceptors (Lipinski definition) is 2. The van der Waals surface area contributed by atoms with Gasteiger partial charge in [0.15, 0.2) is 6.61 Å². The van der Waals surface area contributed by atoms with Crippen molar-refractivity contribution >= 4 is 57.4 Å². The Kier molecular flexibility index (Phi) is 5.51. The number of nitrogens with one attached hydrogen (secondary N) is 1. The SMILES string of the molecule is O=C(COc1cccc(I)c1)Nc1cccc(Cl)c1Cl. The van der Waals surface area contributed by atoms with Crippen molar-refractivity contribution in [1.82, 2.24) is 0 Å². The van der Waals surface area contributed by atoms with E-state index in [4.69, 9.17) is 27.9 Å². The van der Waals surface area contributed by atoms with Crippen LogP contribution >= 0.6 is 45.8 Å². The van der Waals surface area contributed by atoms with E-state index in [1.807, 2.05) is 18.2 Å². The number of hydrogen-bond donors (Lipinski definition) is 1. The van der Waals surface area contributed by atoms with Crippen LogP contribution in [0.25, 0.3) is 0 Å². The van der Waals surface area contributed by atoms with Crippen LogP contribution < -0.4 is 10.1 Å². The van der Waals surface area contributed by atoms with Crippen LogP contribution in [0.3, 0.4) is 0 Å². The zero-order valence-corrected chi connectivity index (χ0v) is 13.9. The minimum absolute atomic E-state index is 0.0943. The van der Waals surface area contributed by atoms with Crippen LogP contribution in [0.4, 0.5) is 5.69 Å². The van der Waals surface area contributed by atoms with Gasteiger partial charge in [-0.25, -0.2) is 0 Å². The minimum atomic E-state index is -0.298. The second kappa shape index (κ2) is 7.15. The van der Waals surface area contributed by atoms with Crippen LogP contribution in [0.15, 0.2) is 42.5 Å². The van der Waals surface area contributed by atoms with Gasteiger partial charge in [-0.1, -0.05) is 35.3 Å². The van der Waals surface area contributed by atoms with E-state index in [-0.39, 0.29) is 12.5 Å². The fourth-order valence-electron chi connectivity index (χ4n) is 1.49. The molecule has 1 N–H and O–H groups in total. The predicted molar refractivity (Wildman–Crippen MR) is 89.7 cm³/mol. The Balaban J connectivity index is 1.94. The Morgan fingerprint density at radius 3 is 2.70 bits per heavy atom. The molecular formula is C14H10Cl2INO2. The van der Waals surface area contributed by atoms with Crippen molar-refractivity contribution in [2.45, 2.75) is 0 Å². The Bertz CT molecular complexity index is 634. The number of ether oxygens (including phenoxy) is 1. The molecular weight excluding hydrogens is 412 g/mol. The van der Waals surface area contributed by atoms with Crippen molar-refractivity contribution in [2.75, 3.05) is 11.9 Å². The predicted octanol–water partition coefficient (Wildman–Crippen LogP) is 4.62. The van der Waals surface area contributed by atoms with Gasteiger partial charge in [-0.15, -0.1) is 0 Å². The van der Waals surface area contributed by atoms with Crippen molar-refractivity contribution < 1.29 is 9.53 Å². The summed E-state index contributed by atoms with van der Waals surface area (Å²) < 4.78 is 6.44. The number of anilines is 1. The standard InChI is InChI=1S/C14H10Cl2INO2/c15-11-5-2-6-12(14(11)16)18-13(19)8-20-10-4-1-3-9(17)7-10/h1-7H,8H2,(H,18,19). The molecule has 0 bridgehead atoms. The lowest BCUT2D eigenvalue weighted by Gasteiger charge is -2.09. The number of carbonyl (C=O) groups excluding carboxylic acids is 1. The third kappa shape index (κ3) is 4.26. The molecule has 0 spiro atoms. The summed E-state index contributed by atoms with van der Waals surface area (Å²) in [6.45, 7) is -0.0943. The van der Waals surface area contributed by atoms with Crippen LogP contribution in [0.2, 0.25) is 10.0 Å². The molecule has 0 unspecified atom stereocenters. The highest BCUT2D eigenvalue weighted by atomic mass is 127. The van der Waals surface area contributed by atoms with Crippen LogP contribution in [0, 0.1) is 3.57 Å². The highest BCUT2D eigenvalue weighted by molar-refractivity contribution is 14.1. The highest BCUT2D eigenvalue weighted by Crippen LogP contribution is 2.29. The molecule has 0 aliphatic carbocycles. The van der Waals surface area contributed by atoms with Crippen LogP contribution in [-0.4, -0.2) is 12.5 Å². The zero-order valence-electron chi connectivity index (χ0n) is 10.2. The molecule has 104 valence electrons. The van der Waals surface area contributed by atoms with Gasteiger partial charge in [0.05, 0.1) is 15.7 Å². The van der Waals surface area contributed by atoms with E-state index < -0.39 is 0 Å². The van der Waals surface area contributed by atoms with E-state index >= 15 is 0 Å². The van der Waals surface area contributed by atoms with E-state index in [0.717, 1.165) is 3.57 Å². The average Bonchev–Trinajstić information content (AvgIpc) is 2.42. The van der Waals surface area contributed by atoms with Gasteiger partial charge >= 0.3 is 0 Å². The minimum Gasteiger partial charge on any atom is -0.484 e. The van der Waals surface area contributed by atoms with E-state index in [9.17, 15) is 4.79 Å². The lowest BCUT2D eigenvalue weighted by atomic mass is 10.3. The summed E-state index contributed by atoms with van der Waals surface area (Å²) in [6.07, 6.45) is 0. The van der Waals surface area contributed by atoms with E-state index in [1.165, 1.54) is 0 Å². The Labute approximate surface area is 140 Å². The Morgan fingerprint density at radius 1 is 1.20 bits per heavy atom. The largest absolute Gasteiger partial charge is 0.484 e. The van der Waals surface area contributed by atoms with E-state index in [2.05, 4.69) is 27.9 Å². The summed E-state index contributed by atoms with van der Waals surface area (Å²) in [5, 5.41) is 3.36. The van der Waals surface area contributed by atoms with Gasteiger partial charge in [0, 0.05) is 3.57 Å². The van der Waals surface area contributed by atoms with Crippen molar-refractivity contribution in [3.05, 3.63) is 56.1 Å². The molecule has 0 radical (unpaired) electrons. The second-order valence-electron chi connectivity index (χ2n) is 3.90. The molecule has 0 heterocycles. The Morgan fingerprint density at radius 2 is 1.95 bits per heavy atom. The Hall–Kier alpha value is -0.980.